The van der Waals surface area contributed by atoms with Gasteiger partial charge in [0, 0.05) is 6.04 Å². The Hall–Kier alpha value is -2.34. The van der Waals surface area contributed by atoms with Crippen molar-refractivity contribution in [2.75, 3.05) is 0 Å². The van der Waals surface area contributed by atoms with Gasteiger partial charge in [-0.25, -0.2) is 4.98 Å². The molecule has 1 aliphatic rings. The molecular formula is C19H20N2O3S. The highest BCUT2D eigenvalue weighted by molar-refractivity contribution is 7.13. The fourth-order valence-corrected chi connectivity index (χ4v) is 3.74. The number of carbonyl (C=O) groups is 1. The molecule has 1 unspecified atom stereocenters. The first-order valence-electron chi connectivity index (χ1n) is 8.48. The van der Waals surface area contributed by atoms with Crippen LogP contribution in [0, 0.1) is 6.92 Å². The maximum absolute atomic E-state index is 13.0. The predicted octanol–water partition coefficient (Wildman–Crippen LogP) is 4.60. The summed E-state index contributed by atoms with van der Waals surface area (Å²) in [6.07, 6.45) is 4.00. The number of hydrogen-bond donors (Lipinski definition) is 0. The van der Waals surface area contributed by atoms with Crippen LogP contribution in [-0.4, -0.2) is 21.8 Å². The summed E-state index contributed by atoms with van der Waals surface area (Å²) in [5, 5.41) is 1.99. The number of rotatable bonds is 6. The van der Waals surface area contributed by atoms with Gasteiger partial charge in [0.15, 0.2) is 0 Å². The maximum Gasteiger partial charge on any atom is 0.236 e. The molecule has 3 aromatic rings. The van der Waals surface area contributed by atoms with E-state index in [1.807, 2.05) is 48.4 Å². The number of nitrogens with zero attached hydrogens (tertiary/aromatic N) is 2. The molecule has 0 radical (unpaired) electrons. The summed E-state index contributed by atoms with van der Waals surface area (Å²) in [5.74, 6) is 2.18. The fourth-order valence-electron chi connectivity index (χ4n) is 3.09. The van der Waals surface area contributed by atoms with Crippen molar-refractivity contribution in [3.05, 3.63) is 53.1 Å². The van der Waals surface area contributed by atoms with Gasteiger partial charge in [0.2, 0.25) is 11.8 Å². The van der Waals surface area contributed by atoms with E-state index in [9.17, 15) is 4.79 Å². The number of hydrogen-bond acceptors (Lipinski definition) is 5. The number of oxazole rings is 1. The summed E-state index contributed by atoms with van der Waals surface area (Å²) in [4.78, 5) is 20.5. The first-order chi connectivity index (χ1) is 12.1. The van der Waals surface area contributed by atoms with Crippen LogP contribution in [0.15, 0.2) is 44.7 Å². The van der Waals surface area contributed by atoms with Crippen molar-refractivity contribution in [3.8, 4) is 10.8 Å². The number of furan rings is 1. The number of carbonyl (C=O) groups excluding carboxylic acids is 1. The first kappa shape index (κ1) is 16.1. The molecule has 3 aromatic heterocycles. The third-order valence-corrected chi connectivity index (χ3v) is 5.40. The molecule has 0 aliphatic heterocycles. The third kappa shape index (κ3) is 3.26. The molecule has 4 rings (SSSR count). The average molecular weight is 356 g/mol. The maximum atomic E-state index is 13.0. The molecule has 1 amide bonds. The topological polar surface area (TPSA) is 59.5 Å². The van der Waals surface area contributed by atoms with E-state index < -0.39 is 0 Å². The standard InChI is InChI=1S/C19H20N2O3S/c1-12(16-5-3-9-23-16)21(14-7-8-14)18(22)11-15-13(2)24-19(20-15)17-6-4-10-25-17/h3-6,9-10,12,14H,7-8,11H2,1-2H3. The van der Waals surface area contributed by atoms with Crippen molar-refractivity contribution in [3.63, 3.8) is 0 Å². The van der Waals surface area contributed by atoms with Crippen LogP contribution in [0.1, 0.15) is 43.0 Å². The predicted molar refractivity (Wildman–Crippen MR) is 95.2 cm³/mol. The number of amides is 1. The van der Waals surface area contributed by atoms with Crippen molar-refractivity contribution >= 4 is 17.2 Å². The molecule has 0 spiro atoms. The molecule has 6 heteroatoms. The van der Waals surface area contributed by atoms with Gasteiger partial charge < -0.3 is 13.7 Å². The zero-order valence-electron chi connectivity index (χ0n) is 14.3. The molecule has 130 valence electrons. The first-order valence-corrected chi connectivity index (χ1v) is 9.36. The molecule has 0 aromatic carbocycles. The second-order valence-corrected chi connectivity index (χ2v) is 7.35. The Balaban J connectivity index is 1.54. The molecule has 1 fully saturated rings. The van der Waals surface area contributed by atoms with Crippen LogP contribution in [0.3, 0.4) is 0 Å². The molecule has 3 heterocycles. The molecule has 0 N–H and O–H groups in total. The van der Waals surface area contributed by atoms with Crippen molar-refractivity contribution in [2.45, 2.75) is 45.2 Å². The van der Waals surface area contributed by atoms with Gasteiger partial charge in [-0.1, -0.05) is 6.07 Å². The van der Waals surface area contributed by atoms with Crippen molar-refractivity contribution in [1.29, 1.82) is 0 Å². The van der Waals surface area contributed by atoms with E-state index in [0.29, 0.717) is 23.4 Å². The lowest BCUT2D eigenvalue weighted by molar-refractivity contribution is -0.133. The minimum absolute atomic E-state index is 0.0699. The summed E-state index contributed by atoms with van der Waals surface area (Å²) >= 11 is 1.58. The Bertz CT molecular complexity index is 848. The van der Waals surface area contributed by atoms with E-state index in [2.05, 4.69) is 4.98 Å². The highest BCUT2D eigenvalue weighted by atomic mass is 32.1. The van der Waals surface area contributed by atoms with Crippen LogP contribution >= 0.6 is 11.3 Å². The van der Waals surface area contributed by atoms with E-state index in [1.54, 1.807) is 17.6 Å². The molecule has 5 nitrogen and oxygen atoms in total. The van der Waals surface area contributed by atoms with Gasteiger partial charge in [-0.2, -0.15) is 0 Å². The Morgan fingerprint density at radius 2 is 2.24 bits per heavy atom. The lowest BCUT2D eigenvalue weighted by atomic mass is 10.1. The lowest BCUT2D eigenvalue weighted by Gasteiger charge is -2.28. The zero-order chi connectivity index (χ0) is 17.4. The minimum Gasteiger partial charge on any atom is -0.467 e. The van der Waals surface area contributed by atoms with Gasteiger partial charge in [-0.3, -0.25) is 4.79 Å². The number of thiophene rings is 1. The number of aryl methyl sites for hydroxylation is 1. The summed E-state index contributed by atoms with van der Waals surface area (Å²) in [6.45, 7) is 3.88. The highest BCUT2D eigenvalue weighted by Crippen LogP contribution is 2.35. The fraction of sp³-hybridized carbons (Fsp3) is 0.368. The van der Waals surface area contributed by atoms with Crippen molar-refractivity contribution in [2.24, 2.45) is 0 Å². The molecule has 0 bridgehead atoms. The Morgan fingerprint density at radius 3 is 2.88 bits per heavy atom. The molecule has 1 saturated carbocycles. The van der Waals surface area contributed by atoms with E-state index >= 15 is 0 Å². The Labute approximate surface area is 150 Å². The van der Waals surface area contributed by atoms with E-state index in [1.165, 1.54) is 0 Å². The van der Waals surface area contributed by atoms with Gasteiger partial charge in [-0.15, -0.1) is 11.3 Å². The monoisotopic (exact) mass is 356 g/mol. The van der Waals surface area contributed by atoms with E-state index in [0.717, 1.165) is 23.5 Å². The van der Waals surface area contributed by atoms with Crippen molar-refractivity contribution < 1.29 is 13.6 Å². The van der Waals surface area contributed by atoms with Crippen molar-refractivity contribution in [1.82, 2.24) is 9.88 Å². The normalized spacial score (nSPS) is 15.3. The van der Waals surface area contributed by atoms with E-state index in [4.69, 9.17) is 8.83 Å². The average Bonchev–Trinajstić information content (AvgIpc) is 3.02. The van der Waals surface area contributed by atoms with Gasteiger partial charge in [-0.05, 0) is 50.3 Å². The van der Waals surface area contributed by atoms with Gasteiger partial charge in [0.1, 0.15) is 11.5 Å². The van der Waals surface area contributed by atoms with Crippen LogP contribution in [0.4, 0.5) is 0 Å². The SMILES string of the molecule is Cc1oc(-c2cccs2)nc1CC(=O)N(C1CC1)C(C)c1ccco1. The van der Waals surface area contributed by atoms with Crippen LogP contribution in [0.5, 0.6) is 0 Å². The van der Waals surface area contributed by atoms with Gasteiger partial charge in [0.25, 0.3) is 0 Å². The molecule has 1 atom stereocenters. The summed E-state index contributed by atoms with van der Waals surface area (Å²) in [5.41, 5.74) is 0.714. The second-order valence-electron chi connectivity index (χ2n) is 6.40. The molecule has 25 heavy (non-hydrogen) atoms. The quantitative estimate of drug-likeness (QED) is 0.648. The third-order valence-electron chi connectivity index (χ3n) is 4.54. The van der Waals surface area contributed by atoms with Gasteiger partial charge in [0.05, 0.1) is 29.3 Å². The Kier molecular flexibility index (Phi) is 4.21. The largest absolute Gasteiger partial charge is 0.467 e. The molecular weight excluding hydrogens is 336 g/mol. The van der Waals surface area contributed by atoms with Crippen LogP contribution in [0.25, 0.3) is 10.8 Å². The minimum atomic E-state index is -0.0704. The smallest absolute Gasteiger partial charge is 0.236 e. The highest BCUT2D eigenvalue weighted by Gasteiger charge is 2.37. The lowest BCUT2D eigenvalue weighted by Crippen LogP contribution is -2.36. The molecule has 0 saturated heterocycles. The Morgan fingerprint density at radius 1 is 1.40 bits per heavy atom. The summed E-state index contributed by atoms with van der Waals surface area (Å²) in [7, 11) is 0. The number of aromatic nitrogens is 1. The molecule has 1 aliphatic carbocycles. The zero-order valence-corrected chi connectivity index (χ0v) is 15.1. The van der Waals surface area contributed by atoms with Gasteiger partial charge >= 0.3 is 0 Å². The van der Waals surface area contributed by atoms with Crippen LogP contribution < -0.4 is 0 Å². The summed E-state index contributed by atoms with van der Waals surface area (Å²) < 4.78 is 11.3. The second kappa shape index (κ2) is 6.52. The summed E-state index contributed by atoms with van der Waals surface area (Å²) in [6, 6.07) is 7.94. The van der Waals surface area contributed by atoms with Crippen LogP contribution in [-0.2, 0) is 11.2 Å². The van der Waals surface area contributed by atoms with Crippen LogP contribution in [0.2, 0.25) is 0 Å². The van der Waals surface area contributed by atoms with E-state index in [-0.39, 0.29) is 18.4 Å².